The zero-order valence-corrected chi connectivity index (χ0v) is 17.6. The highest BCUT2D eigenvalue weighted by Gasteiger charge is 2.31. The highest BCUT2D eigenvalue weighted by atomic mass is 79.9. The first kappa shape index (κ1) is 19.7. The van der Waals surface area contributed by atoms with Crippen LogP contribution in [0.3, 0.4) is 0 Å². The Kier molecular flexibility index (Phi) is 5.48. The summed E-state index contributed by atoms with van der Waals surface area (Å²) in [5.41, 5.74) is 0.970. The van der Waals surface area contributed by atoms with E-state index in [1.54, 1.807) is 59.8 Å². The van der Waals surface area contributed by atoms with Crippen molar-refractivity contribution in [3.63, 3.8) is 0 Å². The number of aromatic nitrogens is 2. The molecule has 1 fully saturated rings. The molecule has 3 aromatic rings. The molecule has 0 N–H and O–H groups in total. The van der Waals surface area contributed by atoms with Crippen LogP contribution in [0.5, 0.6) is 0 Å². The van der Waals surface area contributed by atoms with Crippen molar-refractivity contribution in [3.05, 3.63) is 65.0 Å². The molecule has 150 valence electrons. The molecule has 0 spiro atoms. The Balaban J connectivity index is 1.42. The molecule has 1 saturated heterocycles. The third kappa shape index (κ3) is 4.09. The molecule has 0 atom stereocenters. The molecule has 1 aromatic carbocycles. The van der Waals surface area contributed by atoms with E-state index in [0.717, 1.165) is 10.0 Å². The average molecular weight is 477 g/mol. The lowest BCUT2D eigenvalue weighted by molar-refractivity contribution is 0.0687. The van der Waals surface area contributed by atoms with Crippen LogP contribution in [-0.4, -0.2) is 59.8 Å². The van der Waals surface area contributed by atoms with E-state index in [1.165, 1.54) is 4.31 Å². The summed E-state index contributed by atoms with van der Waals surface area (Å²) in [4.78, 5) is 18.5. The van der Waals surface area contributed by atoms with Crippen LogP contribution in [0.25, 0.3) is 11.3 Å². The van der Waals surface area contributed by atoms with Crippen LogP contribution in [-0.2, 0) is 10.0 Å². The van der Waals surface area contributed by atoms with Gasteiger partial charge in [-0.3, -0.25) is 9.78 Å². The van der Waals surface area contributed by atoms with Crippen LogP contribution in [0.4, 0.5) is 0 Å². The Bertz CT molecular complexity index is 1110. The number of pyridine rings is 1. The van der Waals surface area contributed by atoms with Crippen LogP contribution < -0.4 is 0 Å². The van der Waals surface area contributed by atoms with E-state index < -0.39 is 10.0 Å². The summed E-state index contributed by atoms with van der Waals surface area (Å²) in [6, 6.07) is 11.6. The number of nitrogens with zero attached hydrogens (tertiary/aromatic N) is 4. The molecule has 0 aliphatic carbocycles. The number of sulfonamides is 1. The Morgan fingerprint density at radius 1 is 1.00 bits per heavy atom. The topological polar surface area (TPSA) is 96.6 Å². The molecule has 1 aliphatic heterocycles. The summed E-state index contributed by atoms with van der Waals surface area (Å²) in [6.07, 6.45) is 3.26. The summed E-state index contributed by atoms with van der Waals surface area (Å²) in [5.74, 6) is 0.196. The van der Waals surface area contributed by atoms with Gasteiger partial charge in [-0.05, 0) is 36.4 Å². The van der Waals surface area contributed by atoms with E-state index in [2.05, 4.69) is 26.1 Å². The number of carbonyl (C=O) groups excluding carboxylic acids is 1. The Morgan fingerprint density at radius 2 is 1.66 bits per heavy atom. The number of halogens is 1. The molecule has 1 amide bonds. The first-order valence-corrected chi connectivity index (χ1v) is 11.1. The molecule has 0 saturated carbocycles. The first-order valence-electron chi connectivity index (χ1n) is 8.87. The van der Waals surface area contributed by atoms with E-state index >= 15 is 0 Å². The van der Waals surface area contributed by atoms with Crippen molar-refractivity contribution in [2.45, 2.75) is 4.90 Å². The van der Waals surface area contributed by atoms with Gasteiger partial charge in [0.1, 0.15) is 0 Å². The van der Waals surface area contributed by atoms with E-state index in [0.29, 0.717) is 5.76 Å². The zero-order valence-electron chi connectivity index (χ0n) is 15.2. The maximum atomic E-state index is 12.8. The maximum Gasteiger partial charge on any atom is 0.276 e. The van der Waals surface area contributed by atoms with Crippen molar-refractivity contribution >= 4 is 31.9 Å². The zero-order chi connectivity index (χ0) is 20.4. The molecule has 8 nitrogen and oxygen atoms in total. The third-order valence-electron chi connectivity index (χ3n) is 4.67. The molecular weight excluding hydrogens is 460 g/mol. The van der Waals surface area contributed by atoms with E-state index in [4.69, 9.17) is 4.52 Å². The minimum absolute atomic E-state index is 0.195. The number of carbonyl (C=O) groups is 1. The van der Waals surface area contributed by atoms with E-state index in [9.17, 15) is 13.2 Å². The summed E-state index contributed by atoms with van der Waals surface area (Å²) in [7, 11) is -3.59. The van der Waals surface area contributed by atoms with Gasteiger partial charge in [-0.2, -0.15) is 4.31 Å². The molecule has 1 aliphatic rings. The molecular formula is C19H17BrN4O4S. The van der Waals surface area contributed by atoms with Gasteiger partial charge in [0.25, 0.3) is 5.91 Å². The lowest BCUT2D eigenvalue weighted by Crippen LogP contribution is -2.50. The third-order valence-corrected chi connectivity index (χ3v) is 7.11. The van der Waals surface area contributed by atoms with Gasteiger partial charge in [-0.15, -0.1) is 0 Å². The molecule has 2 aromatic heterocycles. The Labute approximate surface area is 176 Å². The molecule has 4 rings (SSSR count). The van der Waals surface area contributed by atoms with Gasteiger partial charge >= 0.3 is 0 Å². The van der Waals surface area contributed by atoms with Gasteiger partial charge in [-0.1, -0.05) is 21.1 Å². The van der Waals surface area contributed by atoms with Crippen molar-refractivity contribution in [1.82, 2.24) is 19.3 Å². The highest BCUT2D eigenvalue weighted by molar-refractivity contribution is 9.10. The lowest BCUT2D eigenvalue weighted by Gasteiger charge is -2.33. The average Bonchev–Trinajstić information content (AvgIpc) is 3.24. The highest BCUT2D eigenvalue weighted by Crippen LogP contribution is 2.22. The van der Waals surface area contributed by atoms with Crippen LogP contribution in [0.1, 0.15) is 10.5 Å². The normalized spacial score (nSPS) is 15.4. The summed E-state index contributed by atoms with van der Waals surface area (Å²) >= 11 is 3.30. The summed E-state index contributed by atoms with van der Waals surface area (Å²) < 4.78 is 33.0. The predicted molar refractivity (Wildman–Crippen MR) is 109 cm³/mol. The number of benzene rings is 1. The lowest BCUT2D eigenvalue weighted by atomic mass is 10.2. The quantitative estimate of drug-likeness (QED) is 0.574. The SMILES string of the molecule is O=C(c1cc(-c2ccncc2)on1)N1CCN(S(=O)(=O)c2ccc(Br)cc2)CC1. The number of piperazine rings is 1. The minimum Gasteiger partial charge on any atom is -0.355 e. The second-order valence-corrected chi connectivity index (χ2v) is 9.32. The second kappa shape index (κ2) is 8.05. The standard InChI is InChI=1S/C19H17BrN4O4S/c20-15-1-3-16(4-2-15)29(26,27)24-11-9-23(10-12-24)19(25)17-13-18(28-22-17)14-5-7-21-8-6-14/h1-8,13H,9-12H2. The predicted octanol–water partition coefficient (Wildman–Crippen LogP) is 2.65. The molecule has 0 unspecified atom stereocenters. The fourth-order valence-electron chi connectivity index (χ4n) is 3.08. The van der Waals surface area contributed by atoms with Crippen LogP contribution in [0.15, 0.2) is 68.7 Å². The summed E-state index contributed by atoms with van der Waals surface area (Å²) in [5, 5.41) is 3.87. The minimum atomic E-state index is -3.59. The number of rotatable bonds is 4. The van der Waals surface area contributed by atoms with Crippen molar-refractivity contribution in [3.8, 4) is 11.3 Å². The Hall–Kier alpha value is -2.56. The van der Waals surface area contributed by atoms with Crippen LogP contribution in [0, 0.1) is 0 Å². The van der Waals surface area contributed by atoms with Gasteiger partial charge in [0.15, 0.2) is 11.5 Å². The molecule has 10 heteroatoms. The van der Waals surface area contributed by atoms with Crippen LogP contribution in [0.2, 0.25) is 0 Å². The van der Waals surface area contributed by atoms with Gasteiger partial charge in [-0.25, -0.2) is 8.42 Å². The van der Waals surface area contributed by atoms with Crippen molar-refractivity contribution in [1.29, 1.82) is 0 Å². The fraction of sp³-hybridized carbons (Fsp3) is 0.211. The first-order chi connectivity index (χ1) is 13.9. The van der Waals surface area contributed by atoms with Gasteiger partial charge < -0.3 is 9.42 Å². The monoisotopic (exact) mass is 476 g/mol. The van der Waals surface area contributed by atoms with Crippen LogP contribution >= 0.6 is 15.9 Å². The van der Waals surface area contributed by atoms with Crippen molar-refractivity contribution in [2.75, 3.05) is 26.2 Å². The maximum absolute atomic E-state index is 12.8. The second-order valence-electron chi connectivity index (χ2n) is 6.46. The van der Waals surface area contributed by atoms with E-state index in [-0.39, 0.29) is 42.7 Å². The van der Waals surface area contributed by atoms with E-state index in [1.807, 2.05) is 0 Å². The van der Waals surface area contributed by atoms with Gasteiger partial charge in [0, 0.05) is 54.7 Å². The van der Waals surface area contributed by atoms with Gasteiger partial charge in [0.2, 0.25) is 10.0 Å². The molecule has 3 heterocycles. The van der Waals surface area contributed by atoms with Crippen molar-refractivity contribution in [2.24, 2.45) is 0 Å². The molecule has 29 heavy (non-hydrogen) atoms. The Morgan fingerprint density at radius 3 is 2.31 bits per heavy atom. The summed E-state index contributed by atoms with van der Waals surface area (Å²) in [6.45, 7) is 1.01. The van der Waals surface area contributed by atoms with Crippen molar-refractivity contribution < 1.29 is 17.7 Å². The number of hydrogen-bond acceptors (Lipinski definition) is 6. The molecule has 0 radical (unpaired) electrons. The fourth-order valence-corrected chi connectivity index (χ4v) is 4.76. The van der Waals surface area contributed by atoms with Gasteiger partial charge in [0.05, 0.1) is 4.90 Å². The smallest absolute Gasteiger partial charge is 0.276 e. The largest absolute Gasteiger partial charge is 0.355 e. The molecule has 0 bridgehead atoms. The number of amides is 1. The number of hydrogen-bond donors (Lipinski definition) is 0.